The maximum atomic E-state index is 14.8. The SMILES string of the molecule is Cc1ccc(CC(=O)N[C@@H](Cc2cc(F)cc(F)c2)C(=O)N[C@@H]2C(=O)N3CCC[C@H]3C(=O)N(C)[C@@H]([C@@H](C)O)C(=O)N[C@@H](C)C(=O)N3C[C@H](C)C[C@H]3C(=O)O[C@H]2C)cc1.Cc1ccc(CC(=O)N[C@@H](Cc2cc(F)cc(F)c2)C(=O)N[C@@H]2C(=O)N3C[C@H](O)C[C@H]3C(=O)N3CCCC[C@H]3C(=O)N[C@@H](C)C(=O)N3C[C@H](C)C[C@H]3C(=O)O[C@H]2C)cc1C. The first-order valence-electron chi connectivity index (χ1n) is 40.1. The van der Waals surface area contributed by atoms with Crippen LogP contribution >= 0.6 is 0 Å². The molecule has 0 unspecified atom stereocenters. The molecule has 8 N–H and O–H groups in total. The lowest BCUT2D eigenvalue weighted by atomic mass is 9.98. The molecule has 11 rings (SSSR count). The second kappa shape index (κ2) is 38.7. The molecule has 0 radical (unpaired) electrons. The van der Waals surface area contributed by atoms with E-state index >= 15 is 0 Å². The molecule has 7 heterocycles. The van der Waals surface area contributed by atoms with E-state index in [1.807, 2.05) is 58.9 Å². The standard InChI is InChI=1S/C43H54F2N6O9.C41H52F2N6O9/c1-22-12-35-43(59)60-26(5)37(48-38(54)32(16-28-14-29(44)18-30(45)15-28)47-36(53)17-27-10-9-23(2)24(3)13-27)42(58)51-21-31(52)19-34(51)41(57)49-11-7-6-8-33(49)39(55)46-25(4)40(56)50(35)20-22;1-21-9-11-26(12-10-21)18-33(51)45-30(17-27-15-28(42)19-29(43)16-27)36(52)46-34-25(5)58-41(57)32-14-22(2)20-49(32)38(54)23(3)44-37(53)35(24(4)50)47(6)39(55)31-8-7-13-48(31)40(34)56/h9-10,13-15,18,22,25-26,31-35,37,52H,6-8,11-12,16-17,19-21H2,1-5H3,(H,46,55)(H,47,53)(H,48,54);9-12,15-16,19,22-25,30-32,34-35,50H,7-8,13-14,17-18,20H2,1-6H3,(H,44,53)(H,45,51)(H,46,52)/t22-,25+,26+,31-,32+,33+,34+,35+,37+;22-,23+,24-,25+,30+,31+,32+,34+,35+/m11/s1. The minimum atomic E-state index is -1.72. The molecule has 7 aliphatic heterocycles. The van der Waals surface area contributed by atoms with Crippen LogP contribution in [0.15, 0.2) is 78.9 Å². The molecule has 30 nitrogen and oxygen atoms in total. The Morgan fingerprint density at radius 2 is 0.924 bits per heavy atom. The molecule has 4 aromatic rings. The van der Waals surface area contributed by atoms with Crippen molar-refractivity contribution in [3.63, 3.8) is 0 Å². The van der Waals surface area contributed by atoms with Crippen LogP contribution in [0, 0.1) is 55.9 Å². The number of nitrogens with zero attached hydrogens (tertiary/aromatic N) is 6. The molecule has 18 atom stereocenters. The Hall–Kier alpha value is -10.9. The van der Waals surface area contributed by atoms with E-state index in [9.17, 15) is 94.9 Å². The Kier molecular flexibility index (Phi) is 29.3. The highest BCUT2D eigenvalue weighted by molar-refractivity contribution is 6.00. The average molecular weight is 1650 g/mol. The van der Waals surface area contributed by atoms with Gasteiger partial charge in [-0.2, -0.15) is 0 Å². The summed E-state index contributed by atoms with van der Waals surface area (Å²) in [7, 11) is 1.30. The molecular formula is C84H106F4N12O18. The van der Waals surface area contributed by atoms with Gasteiger partial charge in [-0.1, -0.05) is 61.9 Å². The zero-order valence-corrected chi connectivity index (χ0v) is 68.0. The summed E-state index contributed by atoms with van der Waals surface area (Å²) in [6.07, 6.45) is -4.32. The third kappa shape index (κ3) is 21.7. The van der Waals surface area contributed by atoms with Crippen LogP contribution in [0.3, 0.4) is 0 Å². The topological polar surface area (TPSA) is 390 Å². The number of cyclic esters (lactones) is 2. The van der Waals surface area contributed by atoms with Crippen LogP contribution < -0.4 is 31.9 Å². The number of hydrogen-bond donors (Lipinski definition) is 8. The summed E-state index contributed by atoms with van der Waals surface area (Å²) in [6, 6.07) is 2.16. The number of aliphatic hydroxyl groups is 2. The number of amides is 12. The van der Waals surface area contributed by atoms with Gasteiger partial charge in [-0.3, -0.25) is 57.5 Å². The molecule has 7 aliphatic rings. The zero-order chi connectivity index (χ0) is 86.2. The van der Waals surface area contributed by atoms with Gasteiger partial charge in [-0.25, -0.2) is 27.2 Å². The molecule has 7 saturated heterocycles. The van der Waals surface area contributed by atoms with Gasteiger partial charge in [0.25, 0.3) is 0 Å². The Morgan fingerprint density at radius 3 is 1.42 bits per heavy atom. The number of carbonyl (C=O) groups excluding carboxylic acids is 14. The van der Waals surface area contributed by atoms with Crippen molar-refractivity contribution in [2.24, 2.45) is 11.8 Å². The predicted molar refractivity (Wildman–Crippen MR) is 416 cm³/mol. The molecule has 4 aromatic carbocycles. The van der Waals surface area contributed by atoms with Crippen molar-refractivity contribution in [3.8, 4) is 0 Å². The van der Waals surface area contributed by atoms with Crippen LogP contribution in [0.25, 0.3) is 0 Å². The van der Waals surface area contributed by atoms with Gasteiger partial charge < -0.3 is 81.0 Å². The highest BCUT2D eigenvalue weighted by atomic mass is 19.1. The molecule has 0 saturated carbocycles. The highest BCUT2D eigenvalue weighted by Crippen LogP contribution is 2.32. The molecular weight excluding hydrogens is 1540 g/mol. The molecule has 0 aromatic heterocycles. The lowest BCUT2D eigenvalue weighted by Crippen LogP contribution is -2.63. The van der Waals surface area contributed by atoms with Crippen LogP contribution in [0.1, 0.15) is 139 Å². The van der Waals surface area contributed by atoms with Crippen molar-refractivity contribution in [1.29, 1.82) is 0 Å². The number of piperidine rings is 1. The number of esters is 2. The van der Waals surface area contributed by atoms with E-state index in [-0.39, 0.29) is 94.2 Å². The van der Waals surface area contributed by atoms with Gasteiger partial charge in [0, 0.05) is 71.2 Å². The van der Waals surface area contributed by atoms with Gasteiger partial charge in [0.15, 0.2) is 0 Å². The number of rotatable bonds is 15. The van der Waals surface area contributed by atoms with Gasteiger partial charge in [-0.05, 0) is 170 Å². The van der Waals surface area contributed by atoms with Crippen molar-refractivity contribution in [2.45, 2.75) is 243 Å². The van der Waals surface area contributed by atoms with E-state index in [0.717, 1.165) is 50.8 Å². The van der Waals surface area contributed by atoms with E-state index in [1.165, 1.54) is 61.3 Å². The number of aliphatic hydroxyl groups excluding tert-OH is 2. The number of likely N-dealkylation sites (N-methyl/N-ethyl adjacent to an activating group) is 1. The summed E-state index contributed by atoms with van der Waals surface area (Å²) >= 11 is 0. The van der Waals surface area contributed by atoms with Crippen LogP contribution in [0.5, 0.6) is 0 Å². The van der Waals surface area contributed by atoms with E-state index in [0.29, 0.717) is 48.9 Å². The Labute approximate surface area is 681 Å². The van der Waals surface area contributed by atoms with Gasteiger partial charge in [0.1, 0.15) is 108 Å². The lowest BCUT2D eigenvalue weighted by Gasteiger charge is -2.39. The first-order valence-corrected chi connectivity index (χ1v) is 40.1. The van der Waals surface area contributed by atoms with Crippen molar-refractivity contribution >= 4 is 82.8 Å². The Morgan fingerprint density at radius 1 is 0.483 bits per heavy atom. The average Bonchev–Trinajstić information content (AvgIpc) is 1.64. The predicted octanol–water partition coefficient (Wildman–Crippen LogP) is 2.28. The quantitative estimate of drug-likeness (QED) is 0.0625. The van der Waals surface area contributed by atoms with E-state index in [4.69, 9.17) is 9.47 Å². The Bertz CT molecular complexity index is 4460. The number of halogens is 4. The van der Waals surface area contributed by atoms with Crippen LogP contribution in [0.4, 0.5) is 17.6 Å². The van der Waals surface area contributed by atoms with E-state index in [1.54, 1.807) is 18.2 Å². The minimum absolute atomic E-state index is 0.0192. The smallest absolute Gasteiger partial charge is 0.329 e. The number of benzene rings is 4. The van der Waals surface area contributed by atoms with Gasteiger partial charge in [-0.15, -0.1) is 0 Å². The molecule has 0 aliphatic carbocycles. The largest absolute Gasteiger partial charge is 0.458 e. The van der Waals surface area contributed by atoms with Gasteiger partial charge in [0.05, 0.1) is 25.0 Å². The normalized spacial score (nSPS) is 27.7. The lowest BCUT2D eigenvalue weighted by molar-refractivity contribution is -0.163. The number of fused-ring (bicyclic) bond motifs is 5. The summed E-state index contributed by atoms with van der Waals surface area (Å²) in [5, 5.41) is 37.4. The Balaban J connectivity index is 0.000000249. The number of nitrogens with one attached hydrogen (secondary N) is 6. The second-order valence-electron chi connectivity index (χ2n) is 32.6. The van der Waals surface area contributed by atoms with Gasteiger partial charge >= 0.3 is 11.9 Å². The molecule has 34 heteroatoms. The molecule has 0 spiro atoms. The third-order valence-corrected chi connectivity index (χ3v) is 23.0. The number of ether oxygens (including phenoxy) is 2. The fraction of sp³-hybridized carbons (Fsp3) is 0.548. The first kappa shape index (κ1) is 89.4. The second-order valence-corrected chi connectivity index (χ2v) is 32.6. The fourth-order valence-electron chi connectivity index (χ4n) is 16.7. The maximum absolute atomic E-state index is 14.8. The summed E-state index contributed by atoms with van der Waals surface area (Å²) in [5.74, 6) is -14.4. The summed E-state index contributed by atoms with van der Waals surface area (Å²) in [5.41, 5.74) is 4.21. The first-order chi connectivity index (χ1) is 55.7. The molecule has 7 fully saturated rings. The maximum Gasteiger partial charge on any atom is 0.329 e. The molecule has 638 valence electrons. The van der Waals surface area contributed by atoms with Gasteiger partial charge in [0.2, 0.25) is 70.9 Å². The summed E-state index contributed by atoms with van der Waals surface area (Å²) in [4.78, 5) is 203. The van der Waals surface area contributed by atoms with Crippen LogP contribution in [-0.2, 0) is 102 Å². The zero-order valence-electron chi connectivity index (χ0n) is 68.0. The monoisotopic (exact) mass is 1650 g/mol. The van der Waals surface area contributed by atoms with E-state index < -0.39 is 216 Å². The molecule has 12 amide bonds. The van der Waals surface area contributed by atoms with Crippen LogP contribution in [0.2, 0.25) is 0 Å². The minimum Gasteiger partial charge on any atom is -0.458 e. The highest BCUT2D eigenvalue weighted by Gasteiger charge is 2.52. The fourth-order valence-corrected chi connectivity index (χ4v) is 16.7. The van der Waals surface area contributed by atoms with Crippen molar-refractivity contribution in [1.82, 2.24) is 61.3 Å². The summed E-state index contributed by atoms with van der Waals surface area (Å²) in [6.45, 7) is 16.5. The molecule has 0 bridgehead atoms. The summed E-state index contributed by atoms with van der Waals surface area (Å²) < 4.78 is 69.1. The van der Waals surface area contributed by atoms with Crippen molar-refractivity contribution in [3.05, 3.63) is 141 Å². The van der Waals surface area contributed by atoms with E-state index in [2.05, 4.69) is 31.9 Å². The number of carbonyl (C=O) groups is 14. The third-order valence-electron chi connectivity index (χ3n) is 23.0. The van der Waals surface area contributed by atoms with Crippen molar-refractivity contribution < 1.29 is 104 Å². The molecule has 118 heavy (non-hydrogen) atoms. The van der Waals surface area contributed by atoms with Crippen LogP contribution in [-0.4, -0.2) is 259 Å². The van der Waals surface area contributed by atoms with Crippen molar-refractivity contribution in [2.75, 3.05) is 39.8 Å². The number of hydrogen-bond acceptors (Lipinski definition) is 18. The number of aryl methyl sites for hydroxylation is 3.